The van der Waals surface area contributed by atoms with E-state index in [-0.39, 0.29) is 31.4 Å². The molecule has 9 heterocycles. The highest BCUT2D eigenvalue weighted by Crippen LogP contribution is 2.39. The quantitative estimate of drug-likeness (QED) is 0.0369. The van der Waals surface area contributed by atoms with Crippen LogP contribution in [0.25, 0.3) is 66.0 Å². The number of halogens is 5. The van der Waals surface area contributed by atoms with Crippen LogP contribution in [0.2, 0.25) is 0 Å². The minimum atomic E-state index is 0. The molecular weight excluding hydrogens is 1560 g/mol. The van der Waals surface area contributed by atoms with Crippen molar-refractivity contribution in [3.05, 3.63) is 192 Å². The molecular formula is C68H76Br3I2N11S3+4. The summed E-state index contributed by atoms with van der Waals surface area (Å²) in [7, 11) is 15.7. The van der Waals surface area contributed by atoms with Crippen LogP contribution in [0.1, 0.15) is 64.8 Å². The molecule has 12 rings (SSSR count). The average molecular weight is 1640 g/mol. The number of fused-ring (bicyclic) bond motifs is 6. The Morgan fingerprint density at radius 3 is 1.09 bits per heavy atom. The molecule has 0 aliphatic carbocycles. The predicted octanol–water partition coefficient (Wildman–Crippen LogP) is 13.1. The Bertz CT molecular complexity index is 3960. The van der Waals surface area contributed by atoms with E-state index in [1.54, 1.807) is 34.0 Å². The molecule has 0 radical (unpaired) electrons. The van der Waals surface area contributed by atoms with Gasteiger partial charge >= 0.3 is 16.9 Å². The monoisotopic (exact) mass is 1630 g/mol. The van der Waals surface area contributed by atoms with Gasteiger partial charge in [0.25, 0.3) is 0 Å². The first-order valence-corrected chi connectivity index (χ1v) is 35.2. The number of hydrogen-bond acceptors (Lipinski definition) is 9. The molecule has 6 aromatic heterocycles. The third-order valence-electron chi connectivity index (χ3n) is 15.8. The molecule has 3 aliphatic rings. The molecule has 3 aromatic carbocycles. The first-order valence-electron chi connectivity index (χ1n) is 28.8. The lowest BCUT2D eigenvalue weighted by molar-refractivity contribution is -0.909. The van der Waals surface area contributed by atoms with Gasteiger partial charge in [-0.1, -0.05) is 119 Å². The summed E-state index contributed by atoms with van der Waals surface area (Å²) in [5.74, 6) is 0. The Balaban J connectivity index is 0.000000269. The molecule has 0 amide bonds. The molecule has 9 aromatic rings. The van der Waals surface area contributed by atoms with Gasteiger partial charge in [0.1, 0.15) is 32.7 Å². The Labute approximate surface area is 581 Å². The van der Waals surface area contributed by atoms with Crippen molar-refractivity contribution in [3.8, 4) is 0 Å². The number of benzene rings is 3. The molecule has 452 valence electrons. The third kappa shape index (κ3) is 16.3. The maximum atomic E-state index is 4.94. The average Bonchev–Trinajstić information content (AvgIpc) is 3.71. The molecule has 0 N–H and O–H groups in total. The van der Waals surface area contributed by atoms with E-state index < -0.39 is 0 Å². The van der Waals surface area contributed by atoms with Gasteiger partial charge < -0.3 is 47.6 Å². The van der Waals surface area contributed by atoms with Crippen LogP contribution in [-0.2, 0) is 21.1 Å². The second-order valence-electron chi connectivity index (χ2n) is 23.3. The number of thiazole rings is 3. The van der Waals surface area contributed by atoms with Gasteiger partial charge in [0.05, 0.1) is 88.9 Å². The summed E-state index contributed by atoms with van der Waals surface area (Å²) in [5.41, 5.74) is 14.3. The molecule has 0 bridgehead atoms. The minimum absolute atomic E-state index is 0. The SMILES string of the molecule is C.C[n+]1cc(Br)cc2sc(/C=C3\C=CN(CCCI)c4ccccc43)nc21.C[n+]1cc(Br)cc2sc(/C=C3\C=CN(CCC[N+](C)(C)CCC[N+](C)(C)CCCN4C=C/C(=C\c5nc6c(cc(Br)c[n+]6C)s5)c5ccccc54)c4ccccc43)nc21.[I-]. The lowest BCUT2D eigenvalue weighted by atomic mass is 9.99. The predicted molar refractivity (Wildman–Crippen MR) is 386 cm³/mol. The summed E-state index contributed by atoms with van der Waals surface area (Å²) in [6.45, 7) is 7.70. The molecule has 0 spiro atoms. The third-order valence-corrected chi connectivity index (χ3v) is 20.7. The molecule has 0 unspecified atom stereocenters. The van der Waals surface area contributed by atoms with Crippen molar-refractivity contribution in [3.63, 3.8) is 0 Å². The molecule has 11 nitrogen and oxygen atoms in total. The van der Waals surface area contributed by atoms with E-state index in [1.165, 1.54) is 94.9 Å². The zero-order valence-corrected chi connectivity index (χ0v) is 61.1. The number of para-hydroxylation sites is 3. The Morgan fingerprint density at radius 2 is 0.770 bits per heavy atom. The standard InChI is InChI=1S/C47H54Br2N8S2.C20H18BrIN3S.CH4.HI/c1-52-32-36(48)30-42-46(52)50-44(58-42)28-34-18-22-54(40-16-9-7-14-38(34)40)20-11-24-56(3,4)26-13-27-57(5,6)25-12-21-55-23-19-35(39-15-8-10-17-41(39)55)29-45-51-47-43(59-45)31-37(49)33-53(47)2;1-24-13-15(21)12-18-20(24)23-19(26-18)11-14-7-10-25(9-4-8-22)17-6-3-2-5-16(14)17;;/h7-10,14-19,22-23,28-33H,11-13,20-21,24-27H2,1-6H3;2-3,5-7,10-13H,4,8-9H2,1H3;1H4;1H/q+4;+1;;/p-1. The van der Waals surface area contributed by atoms with E-state index in [2.05, 4.69) is 285 Å². The molecule has 87 heavy (non-hydrogen) atoms. The summed E-state index contributed by atoms with van der Waals surface area (Å²) >= 11 is 18.4. The summed E-state index contributed by atoms with van der Waals surface area (Å²) in [4.78, 5) is 21.9. The number of aryl methyl sites for hydroxylation is 3. The Kier molecular flexibility index (Phi) is 22.7. The number of quaternary nitrogens is 2. The largest absolute Gasteiger partial charge is 1.00 e. The smallest absolute Gasteiger partial charge is 0.342 e. The molecule has 0 fully saturated rings. The summed E-state index contributed by atoms with van der Waals surface area (Å²) < 4.78 is 16.2. The first-order chi connectivity index (χ1) is 41.0. The van der Waals surface area contributed by atoms with E-state index in [0.29, 0.717) is 0 Å². The van der Waals surface area contributed by atoms with Crippen LogP contribution < -0.4 is 52.4 Å². The van der Waals surface area contributed by atoms with Crippen LogP contribution in [-0.4, -0.2) is 102 Å². The number of rotatable bonds is 18. The van der Waals surface area contributed by atoms with Gasteiger partial charge in [-0.2, -0.15) is 0 Å². The molecule has 0 atom stereocenters. The van der Waals surface area contributed by atoms with E-state index in [0.717, 1.165) is 99.9 Å². The van der Waals surface area contributed by atoms with Crippen LogP contribution in [0.15, 0.2) is 160 Å². The molecule has 0 saturated carbocycles. The van der Waals surface area contributed by atoms with Crippen molar-refractivity contribution in [2.75, 3.05) is 93.1 Å². The number of alkyl halides is 1. The highest BCUT2D eigenvalue weighted by Gasteiger charge is 2.26. The second kappa shape index (κ2) is 29.6. The van der Waals surface area contributed by atoms with Gasteiger partial charge in [-0.3, -0.25) is 0 Å². The van der Waals surface area contributed by atoms with Gasteiger partial charge in [-0.15, -0.1) is 0 Å². The van der Waals surface area contributed by atoms with Crippen molar-refractivity contribution < 1.29 is 46.6 Å². The maximum absolute atomic E-state index is 4.94. The number of pyridine rings is 3. The number of aromatic nitrogens is 6. The summed E-state index contributed by atoms with van der Waals surface area (Å²) in [6.07, 6.45) is 30.9. The van der Waals surface area contributed by atoms with Crippen molar-refractivity contribution in [2.24, 2.45) is 21.1 Å². The summed E-state index contributed by atoms with van der Waals surface area (Å²) in [6, 6.07) is 32.6. The van der Waals surface area contributed by atoms with Crippen LogP contribution in [0.3, 0.4) is 0 Å². The molecule has 3 aliphatic heterocycles. The van der Waals surface area contributed by atoms with Gasteiger partial charge in [0, 0.05) is 114 Å². The summed E-state index contributed by atoms with van der Waals surface area (Å²) in [5, 5.41) is 3.08. The second-order valence-corrected chi connectivity index (χ2v) is 30.3. The van der Waals surface area contributed by atoms with E-state index in [4.69, 9.17) is 15.0 Å². The van der Waals surface area contributed by atoms with Crippen molar-refractivity contribution >= 4 is 187 Å². The Morgan fingerprint density at radius 1 is 0.471 bits per heavy atom. The van der Waals surface area contributed by atoms with E-state index in [1.807, 2.05) is 27.3 Å². The zero-order valence-electron chi connectivity index (χ0n) is 49.6. The van der Waals surface area contributed by atoms with Gasteiger partial charge in [0.2, 0.25) is 15.0 Å². The number of nitrogens with zero attached hydrogens (tertiary/aromatic N) is 11. The first kappa shape index (κ1) is 66.8. The normalized spacial score (nSPS) is 15.1. The number of anilines is 3. The lowest BCUT2D eigenvalue weighted by Crippen LogP contribution is -3.00. The fourth-order valence-corrected chi connectivity index (χ4v) is 16.9. The molecule has 19 heteroatoms. The fourth-order valence-electron chi connectivity index (χ4n) is 11.5. The van der Waals surface area contributed by atoms with Gasteiger partial charge in [0.15, 0.2) is 0 Å². The van der Waals surface area contributed by atoms with Gasteiger partial charge in [-0.25, -0.2) is 13.7 Å². The van der Waals surface area contributed by atoms with Crippen molar-refractivity contribution in [2.45, 2.75) is 33.1 Å². The molecule has 0 saturated heterocycles. The lowest BCUT2D eigenvalue weighted by Gasteiger charge is -2.35. The highest BCUT2D eigenvalue weighted by atomic mass is 127. The van der Waals surface area contributed by atoms with Crippen LogP contribution in [0.4, 0.5) is 17.1 Å². The van der Waals surface area contributed by atoms with Crippen LogP contribution >= 0.6 is 104 Å². The van der Waals surface area contributed by atoms with Gasteiger partial charge in [-0.05, 0) is 141 Å². The van der Waals surface area contributed by atoms with Crippen molar-refractivity contribution in [1.82, 2.24) is 15.0 Å². The number of hydrogen-bond donors (Lipinski definition) is 0. The fraction of sp³-hybridized carbons (Fsp3) is 0.294. The topological polar surface area (TPSA) is 60.0 Å². The maximum Gasteiger partial charge on any atom is 0.342 e. The van der Waals surface area contributed by atoms with Crippen LogP contribution in [0, 0.1) is 0 Å². The van der Waals surface area contributed by atoms with E-state index in [9.17, 15) is 0 Å². The van der Waals surface area contributed by atoms with Crippen LogP contribution in [0.5, 0.6) is 0 Å². The van der Waals surface area contributed by atoms with Crippen molar-refractivity contribution in [1.29, 1.82) is 0 Å². The van der Waals surface area contributed by atoms with E-state index >= 15 is 0 Å². The minimum Gasteiger partial charge on any atom is -1.00 e. The zero-order chi connectivity index (χ0) is 59.4. The number of allylic oxidation sites excluding steroid dienone is 6. The highest BCUT2D eigenvalue weighted by molar-refractivity contribution is 14.1. The Hall–Kier alpha value is -4.56.